The van der Waals surface area contributed by atoms with E-state index in [1.165, 1.54) is 0 Å². The molecule has 100 valence electrons. The Bertz CT molecular complexity index is 592. The predicted octanol–water partition coefficient (Wildman–Crippen LogP) is 1.88. The number of nitrogens with two attached hydrogens (primary N) is 1. The number of imidazole rings is 1. The Hall–Kier alpha value is -1.88. The van der Waals surface area contributed by atoms with Crippen LogP contribution in [0.25, 0.3) is 11.0 Å². The monoisotopic (exact) mass is 258 g/mol. The molecule has 0 spiro atoms. The molecule has 5 heteroatoms. The first-order chi connectivity index (χ1) is 9.29. The number of fused-ring (bicyclic) bond motifs is 1. The molecular formula is C14H18N4O. The van der Waals surface area contributed by atoms with Gasteiger partial charge in [-0.15, -0.1) is 0 Å². The third kappa shape index (κ3) is 2.21. The smallest absolute Gasteiger partial charge is 0.227 e. The number of hydrogen-bond acceptors (Lipinski definition) is 3. The Morgan fingerprint density at radius 3 is 3.21 bits per heavy atom. The summed E-state index contributed by atoms with van der Waals surface area (Å²) in [7, 11) is 0. The molecule has 5 nitrogen and oxygen atoms in total. The Balaban J connectivity index is 1.81. The van der Waals surface area contributed by atoms with E-state index in [9.17, 15) is 4.79 Å². The summed E-state index contributed by atoms with van der Waals surface area (Å²) in [5.74, 6) is 0.432. The molecule has 1 aliphatic rings. The molecule has 0 aliphatic heterocycles. The molecule has 0 unspecified atom stereocenters. The van der Waals surface area contributed by atoms with Gasteiger partial charge in [-0.2, -0.15) is 0 Å². The molecule has 2 atom stereocenters. The van der Waals surface area contributed by atoms with Crippen LogP contribution in [-0.4, -0.2) is 22.4 Å². The van der Waals surface area contributed by atoms with Crippen molar-refractivity contribution in [3.8, 4) is 0 Å². The van der Waals surface area contributed by atoms with Crippen molar-refractivity contribution in [2.75, 3.05) is 11.9 Å². The Morgan fingerprint density at radius 1 is 1.47 bits per heavy atom. The van der Waals surface area contributed by atoms with Crippen LogP contribution in [0.5, 0.6) is 0 Å². The average Bonchev–Trinajstić information content (AvgIpc) is 3.07. The molecule has 1 fully saturated rings. The highest BCUT2D eigenvalue weighted by atomic mass is 16.1. The van der Waals surface area contributed by atoms with Crippen LogP contribution < -0.4 is 11.1 Å². The first-order valence-electron chi connectivity index (χ1n) is 6.72. The van der Waals surface area contributed by atoms with Crippen LogP contribution in [0.1, 0.15) is 19.3 Å². The first kappa shape index (κ1) is 12.2. The van der Waals surface area contributed by atoms with E-state index in [0.29, 0.717) is 12.5 Å². The van der Waals surface area contributed by atoms with Crippen LogP contribution in [0, 0.1) is 11.8 Å². The van der Waals surface area contributed by atoms with Crippen molar-refractivity contribution >= 4 is 22.6 Å². The van der Waals surface area contributed by atoms with Gasteiger partial charge in [-0.1, -0.05) is 12.5 Å². The normalized spacial score (nSPS) is 22.8. The van der Waals surface area contributed by atoms with Crippen LogP contribution >= 0.6 is 0 Å². The van der Waals surface area contributed by atoms with Crippen LogP contribution in [0.2, 0.25) is 0 Å². The van der Waals surface area contributed by atoms with E-state index in [-0.39, 0.29) is 11.8 Å². The lowest BCUT2D eigenvalue weighted by Gasteiger charge is -2.17. The van der Waals surface area contributed by atoms with E-state index >= 15 is 0 Å². The van der Waals surface area contributed by atoms with Crippen LogP contribution in [0.15, 0.2) is 24.5 Å². The Kier molecular flexibility index (Phi) is 3.21. The molecule has 1 heterocycles. The zero-order valence-electron chi connectivity index (χ0n) is 10.7. The molecule has 0 saturated heterocycles. The summed E-state index contributed by atoms with van der Waals surface area (Å²) in [6.45, 7) is 0.588. The van der Waals surface area contributed by atoms with Gasteiger partial charge in [0.05, 0.1) is 17.5 Å². The maximum absolute atomic E-state index is 12.3. The number of hydrogen-bond donors (Lipinski definition) is 3. The molecule has 0 radical (unpaired) electrons. The van der Waals surface area contributed by atoms with Crippen LogP contribution in [0.4, 0.5) is 5.69 Å². The van der Waals surface area contributed by atoms with Crippen molar-refractivity contribution < 1.29 is 4.79 Å². The van der Waals surface area contributed by atoms with Gasteiger partial charge in [-0.3, -0.25) is 4.79 Å². The van der Waals surface area contributed by atoms with Gasteiger partial charge >= 0.3 is 0 Å². The second-order valence-corrected chi connectivity index (χ2v) is 5.13. The predicted molar refractivity (Wildman–Crippen MR) is 74.6 cm³/mol. The number of benzene rings is 1. The van der Waals surface area contributed by atoms with Gasteiger partial charge in [-0.25, -0.2) is 4.98 Å². The third-order valence-electron chi connectivity index (χ3n) is 4.01. The quantitative estimate of drug-likeness (QED) is 0.786. The van der Waals surface area contributed by atoms with Crippen molar-refractivity contribution in [2.24, 2.45) is 17.6 Å². The number of anilines is 1. The van der Waals surface area contributed by atoms with Crippen molar-refractivity contribution in [2.45, 2.75) is 19.3 Å². The molecule has 1 aliphatic carbocycles. The maximum atomic E-state index is 12.3. The summed E-state index contributed by atoms with van der Waals surface area (Å²) in [6, 6.07) is 5.73. The van der Waals surface area contributed by atoms with Gasteiger partial charge < -0.3 is 16.0 Å². The van der Waals surface area contributed by atoms with Crippen LogP contribution in [0.3, 0.4) is 0 Å². The fraction of sp³-hybridized carbons (Fsp3) is 0.429. The SMILES string of the molecule is NC[C@H]1CCC[C@H]1C(=O)Nc1cccc2[nH]cnc12. The van der Waals surface area contributed by atoms with E-state index in [0.717, 1.165) is 36.0 Å². The molecule has 19 heavy (non-hydrogen) atoms. The highest BCUT2D eigenvalue weighted by Gasteiger charge is 2.32. The molecular weight excluding hydrogens is 240 g/mol. The minimum atomic E-state index is 0.0409. The van der Waals surface area contributed by atoms with E-state index in [1.807, 2.05) is 18.2 Å². The summed E-state index contributed by atoms with van der Waals surface area (Å²) in [6.07, 6.45) is 4.72. The standard InChI is InChI=1S/C14H18N4O/c15-7-9-3-1-4-10(9)14(19)18-12-6-2-5-11-13(12)17-8-16-11/h2,5-6,8-10H,1,3-4,7,15H2,(H,16,17)(H,18,19)/t9-,10-/m1/s1. The number of amides is 1. The molecule has 1 aromatic carbocycles. The number of H-pyrrole nitrogens is 1. The van der Waals surface area contributed by atoms with Gasteiger partial charge in [0.25, 0.3) is 0 Å². The minimum Gasteiger partial charge on any atom is -0.345 e. The van der Waals surface area contributed by atoms with Crippen molar-refractivity contribution in [3.05, 3.63) is 24.5 Å². The van der Waals surface area contributed by atoms with E-state index < -0.39 is 0 Å². The number of aromatic amines is 1. The van der Waals surface area contributed by atoms with E-state index in [4.69, 9.17) is 5.73 Å². The maximum Gasteiger partial charge on any atom is 0.227 e. The topological polar surface area (TPSA) is 83.8 Å². The zero-order chi connectivity index (χ0) is 13.2. The first-order valence-corrected chi connectivity index (χ1v) is 6.72. The third-order valence-corrected chi connectivity index (χ3v) is 4.01. The number of nitrogens with one attached hydrogen (secondary N) is 2. The number of carbonyl (C=O) groups is 1. The van der Waals surface area contributed by atoms with Gasteiger partial charge in [0.15, 0.2) is 0 Å². The fourth-order valence-electron chi connectivity index (χ4n) is 2.96. The molecule has 1 saturated carbocycles. The minimum absolute atomic E-state index is 0.0409. The number of rotatable bonds is 3. The number of carbonyl (C=O) groups excluding carboxylic acids is 1. The lowest BCUT2D eigenvalue weighted by Crippen LogP contribution is -2.29. The Morgan fingerprint density at radius 2 is 2.37 bits per heavy atom. The lowest BCUT2D eigenvalue weighted by molar-refractivity contribution is -0.120. The largest absolute Gasteiger partial charge is 0.345 e. The van der Waals surface area contributed by atoms with Crippen molar-refractivity contribution in [1.82, 2.24) is 9.97 Å². The van der Waals surface area contributed by atoms with Gasteiger partial charge in [-0.05, 0) is 37.4 Å². The molecule has 1 amide bonds. The number of nitrogens with zero attached hydrogens (tertiary/aromatic N) is 1. The molecule has 0 bridgehead atoms. The molecule has 2 aromatic rings. The van der Waals surface area contributed by atoms with Gasteiger partial charge in [0.2, 0.25) is 5.91 Å². The second-order valence-electron chi connectivity index (χ2n) is 5.13. The van der Waals surface area contributed by atoms with Crippen molar-refractivity contribution in [1.29, 1.82) is 0 Å². The number of para-hydroxylation sites is 1. The highest BCUT2D eigenvalue weighted by molar-refractivity contribution is 6.00. The second kappa shape index (κ2) is 5.01. The van der Waals surface area contributed by atoms with Crippen LogP contribution in [-0.2, 0) is 4.79 Å². The van der Waals surface area contributed by atoms with E-state index in [1.54, 1.807) is 6.33 Å². The Labute approximate surface area is 111 Å². The highest BCUT2D eigenvalue weighted by Crippen LogP contribution is 2.32. The molecule has 3 rings (SSSR count). The summed E-state index contributed by atoms with van der Waals surface area (Å²) in [5, 5.41) is 3.00. The number of aromatic nitrogens is 2. The summed E-state index contributed by atoms with van der Waals surface area (Å²) < 4.78 is 0. The van der Waals surface area contributed by atoms with Crippen molar-refractivity contribution in [3.63, 3.8) is 0 Å². The lowest BCUT2D eigenvalue weighted by atomic mass is 9.95. The summed E-state index contributed by atoms with van der Waals surface area (Å²) in [4.78, 5) is 19.6. The average molecular weight is 258 g/mol. The molecule has 1 aromatic heterocycles. The summed E-state index contributed by atoms with van der Waals surface area (Å²) >= 11 is 0. The van der Waals surface area contributed by atoms with Gasteiger partial charge in [0, 0.05) is 5.92 Å². The summed E-state index contributed by atoms with van der Waals surface area (Å²) in [5.41, 5.74) is 8.24. The molecule has 4 N–H and O–H groups in total. The zero-order valence-corrected chi connectivity index (χ0v) is 10.7. The van der Waals surface area contributed by atoms with E-state index in [2.05, 4.69) is 15.3 Å². The van der Waals surface area contributed by atoms with Gasteiger partial charge in [0.1, 0.15) is 5.52 Å². The fourth-order valence-corrected chi connectivity index (χ4v) is 2.96.